The van der Waals surface area contributed by atoms with E-state index in [1.165, 1.54) is 28.7 Å². The molecule has 0 aliphatic carbocycles. The van der Waals surface area contributed by atoms with Crippen molar-refractivity contribution in [3.05, 3.63) is 30.9 Å². The van der Waals surface area contributed by atoms with Crippen molar-refractivity contribution in [3.63, 3.8) is 0 Å². The number of fused-ring (bicyclic) bond motifs is 1. The first kappa shape index (κ1) is 12.5. The van der Waals surface area contributed by atoms with Crippen LogP contribution in [0, 0.1) is 0 Å². The van der Waals surface area contributed by atoms with Crippen molar-refractivity contribution in [2.24, 2.45) is 0 Å². The highest BCUT2D eigenvalue weighted by atomic mass is 32.1. The number of nitrogens with one attached hydrogen (secondary N) is 1. The number of aromatic nitrogens is 4. The first-order chi connectivity index (χ1) is 9.74. The highest BCUT2D eigenvalue weighted by molar-refractivity contribution is 7.22. The lowest BCUT2D eigenvalue weighted by Crippen LogP contribution is -2.18. The van der Waals surface area contributed by atoms with Crippen molar-refractivity contribution in [1.82, 2.24) is 19.7 Å². The number of amides is 1. The molecule has 0 saturated carbocycles. The summed E-state index contributed by atoms with van der Waals surface area (Å²) in [6.07, 6.45) is 2.88. The largest absolute Gasteiger partial charge is 0.497 e. The van der Waals surface area contributed by atoms with E-state index >= 15 is 0 Å². The van der Waals surface area contributed by atoms with Gasteiger partial charge in [0.25, 0.3) is 0 Å². The Morgan fingerprint density at radius 3 is 3.15 bits per heavy atom. The fourth-order valence-corrected chi connectivity index (χ4v) is 2.62. The zero-order valence-corrected chi connectivity index (χ0v) is 11.4. The molecule has 0 spiro atoms. The average molecular weight is 289 g/mol. The van der Waals surface area contributed by atoms with E-state index in [0.29, 0.717) is 5.13 Å². The molecule has 2 heterocycles. The monoisotopic (exact) mass is 289 g/mol. The molecule has 0 atom stereocenters. The van der Waals surface area contributed by atoms with Gasteiger partial charge in [0.15, 0.2) is 5.13 Å². The molecule has 0 radical (unpaired) electrons. The smallest absolute Gasteiger partial charge is 0.247 e. The number of hydrogen-bond donors (Lipinski definition) is 1. The number of methoxy groups -OCH3 is 1. The van der Waals surface area contributed by atoms with Crippen LogP contribution in [0.3, 0.4) is 0 Å². The van der Waals surface area contributed by atoms with Gasteiger partial charge in [0.2, 0.25) is 5.91 Å². The molecule has 102 valence electrons. The van der Waals surface area contributed by atoms with Crippen molar-refractivity contribution in [1.29, 1.82) is 0 Å². The van der Waals surface area contributed by atoms with Crippen molar-refractivity contribution in [3.8, 4) is 5.75 Å². The highest BCUT2D eigenvalue weighted by Crippen LogP contribution is 2.29. The summed E-state index contributed by atoms with van der Waals surface area (Å²) in [5, 5.41) is 7.17. The molecule has 8 heteroatoms. The Bertz CT molecular complexity index is 737. The second kappa shape index (κ2) is 5.25. The fourth-order valence-electron chi connectivity index (χ4n) is 1.71. The first-order valence-electron chi connectivity index (χ1n) is 5.81. The lowest BCUT2D eigenvalue weighted by molar-refractivity contribution is -0.116. The second-order valence-electron chi connectivity index (χ2n) is 3.99. The molecule has 3 rings (SSSR count). The van der Waals surface area contributed by atoms with Crippen molar-refractivity contribution in [2.45, 2.75) is 6.54 Å². The van der Waals surface area contributed by atoms with E-state index in [9.17, 15) is 4.79 Å². The van der Waals surface area contributed by atoms with Gasteiger partial charge in [0.05, 0.1) is 17.3 Å². The Balaban J connectivity index is 1.75. The van der Waals surface area contributed by atoms with Gasteiger partial charge in [-0.3, -0.25) is 4.79 Å². The SMILES string of the molecule is COc1ccc2nc(NC(=O)Cn3cncn3)sc2c1. The molecule has 0 fully saturated rings. The Morgan fingerprint density at radius 1 is 1.50 bits per heavy atom. The first-order valence-corrected chi connectivity index (χ1v) is 6.63. The van der Waals surface area contributed by atoms with Gasteiger partial charge in [-0.1, -0.05) is 11.3 Å². The molecule has 0 saturated heterocycles. The van der Waals surface area contributed by atoms with Crippen molar-refractivity contribution >= 4 is 32.6 Å². The number of rotatable bonds is 4. The summed E-state index contributed by atoms with van der Waals surface area (Å²) in [6, 6.07) is 5.58. The predicted octanol–water partition coefficient (Wildman–Crippen LogP) is 1.54. The van der Waals surface area contributed by atoms with Crippen LogP contribution in [0.15, 0.2) is 30.9 Å². The van der Waals surface area contributed by atoms with Gasteiger partial charge in [-0.2, -0.15) is 5.10 Å². The Morgan fingerprint density at radius 2 is 2.40 bits per heavy atom. The van der Waals surface area contributed by atoms with Crippen LogP contribution in [-0.2, 0) is 11.3 Å². The number of benzene rings is 1. The van der Waals surface area contributed by atoms with Crippen molar-refractivity contribution < 1.29 is 9.53 Å². The quantitative estimate of drug-likeness (QED) is 0.787. The summed E-state index contributed by atoms with van der Waals surface area (Å²) in [5.41, 5.74) is 0.826. The minimum absolute atomic E-state index is 0.110. The highest BCUT2D eigenvalue weighted by Gasteiger charge is 2.09. The summed E-state index contributed by atoms with van der Waals surface area (Å²) in [5.74, 6) is 0.572. The van der Waals surface area contributed by atoms with Crippen LogP contribution in [-0.4, -0.2) is 32.8 Å². The maximum atomic E-state index is 11.8. The summed E-state index contributed by atoms with van der Waals surface area (Å²) >= 11 is 1.40. The van der Waals surface area contributed by atoms with Crippen LogP contribution in [0.25, 0.3) is 10.2 Å². The van der Waals surface area contributed by atoms with Gasteiger partial charge in [-0.05, 0) is 18.2 Å². The number of carbonyl (C=O) groups is 1. The lowest BCUT2D eigenvalue weighted by atomic mass is 10.3. The Labute approximate surface area is 118 Å². The minimum atomic E-state index is -0.193. The molecule has 7 nitrogen and oxygen atoms in total. The minimum Gasteiger partial charge on any atom is -0.497 e. The van der Waals surface area contributed by atoms with Gasteiger partial charge in [-0.25, -0.2) is 14.6 Å². The van der Waals surface area contributed by atoms with Crippen molar-refractivity contribution in [2.75, 3.05) is 12.4 Å². The van der Waals surface area contributed by atoms with Crippen LogP contribution >= 0.6 is 11.3 Å². The van der Waals surface area contributed by atoms with Crippen LogP contribution < -0.4 is 10.1 Å². The number of hydrogen-bond acceptors (Lipinski definition) is 6. The predicted molar refractivity (Wildman–Crippen MR) is 74.8 cm³/mol. The third kappa shape index (κ3) is 2.59. The van der Waals surface area contributed by atoms with Gasteiger partial charge in [0, 0.05) is 0 Å². The summed E-state index contributed by atoms with van der Waals surface area (Å²) in [4.78, 5) is 19.9. The third-order valence-corrected chi connectivity index (χ3v) is 3.55. The average Bonchev–Trinajstić information content (AvgIpc) is 3.06. The van der Waals surface area contributed by atoms with E-state index in [2.05, 4.69) is 20.4 Å². The molecule has 1 aromatic carbocycles. The zero-order chi connectivity index (χ0) is 13.9. The van der Waals surface area contributed by atoms with E-state index in [4.69, 9.17) is 4.74 Å². The topological polar surface area (TPSA) is 81.9 Å². The van der Waals surface area contributed by atoms with Crippen LogP contribution in [0.2, 0.25) is 0 Å². The third-order valence-electron chi connectivity index (χ3n) is 2.61. The molecule has 0 aliphatic heterocycles. The number of carbonyl (C=O) groups excluding carboxylic acids is 1. The Hall–Kier alpha value is -2.48. The second-order valence-corrected chi connectivity index (χ2v) is 5.02. The lowest BCUT2D eigenvalue weighted by Gasteiger charge is -2.00. The standard InChI is InChI=1S/C12H11N5O2S/c1-19-8-2-3-9-10(4-8)20-12(15-9)16-11(18)5-17-7-13-6-14-17/h2-4,6-7H,5H2,1H3,(H,15,16,18). The molecule has 3 aromatic rings. The maximum Gasteiger partial charge on any atom is 0.247 e. The van der Waals surface area contributed by atoms with E-state index in [0.717, 1.165) is 16.0 Å². The normalized spacial score (nSPS) is 10.7. The number of nitrogens with zero attached hydrogens (tertiary/aromatic N) is 4. The number of thiazole rings is 1. The molecule has 0 bridgehead atoms. The van der Waals surface area contributed by atoms with Crippen LogP contribution in [0.1, 0.15) is 0 Å². The molecule has 2 aromatic heterocycles. The molecular formula is C12H11N5O2S. The van der Waals surface area contributed by atoms with Gasteiger partial charge >= 0.3 is 0 Å². The van der Waals surface area contributed by atoms with Crippen LogP contribution in [0.4, 0.5) is 5.13 Å². The Kier molecular flexibility index (Phi) is 3.30. The zero-order valence-electron chi connectivity index (χ0n) is 10.6. The summed E-state index contributed by atoms with van der Waals surface area (Å²) in [7, 11) is 1.61. The molecule has 0 aliphatic rings. The number of anilines is 1. The number of ether oxygens (including phenoxy) is 1. The van der Waals surface area contributed by atoms with Gasteiger partial charge < -0.3 is 10.1 Å². The summed E-state index contributed by atoms with van der Waals surface area (Å²) in [6.45, 7) is 0.110. The van der Waals surface area contributed by atoms with E-state index < -0.39 is 0 Å². The molecule has 1 amide bonds. The molecular weight excluding hydrogens is 278 g/mol. The van der Waals surface area contributed by atoms with Crippen LogP contribution in [0.5, 0.6) is 5.75 Å². The molecule has 0 unspecified atom stereocenters. The fraction of sp³-hybridized carbons (Fsp3) is 0.167. The van der Waals surface area contributed by atoms with E-state index in [-0.39, 0.29) is 12.5 Å². The molecule has 20 heavy (non-hydrogen) atoms. The summed E-state index contributed by atoms with van der Waals surface area (Å²) < 4.78 is 7.56. The van der Waals surface area contributed by atoms with Gasteiger partial charge in [0.1, 0.15) is 24.9 Å². The van der Waals surface area contributed by atoms with Gasteiger partial charge in [-0.15, -0.1) is 0 Å². The van der Waals surface area contributed by atoms with E-state index in [1.807, 2.05) is 18.2 Å². The molecule has 1 N–H and O–H groups in total. The van der Waals surface area contributed by atoms with E-state index in [1.54, 1.807) is 7.11 Å². The maximum absolute atomic E-state index is 11.8.